The maximum absolute atomic E-state index is 12.2. The molecule has 3 rings (SSSR count). The van der Waals surface area contributed by atoms with Gasteiger partial charge in [-0.2, -0.15) is 0 Å². The van der Waals surface area contributed by atoms with Gasteiger partial charge in [0.15, 0.2) is 11.5 Å². The number of thiazole rings is 1. The second-order valence-electron chi connectivity index (χ2n) is 6.07. The quantitative estimate of drug-likeness (QED) is 0.570. The molecule has 1 aromatic carbocycles. The Labute approximate surface area is 171 Å². The van der Waals surface area contributed by atoms with Crippen LogP contribution in [0.4, 0.5) is 5.13 Å². The molecule has 28 heavy (non-hydrogen) atoms. The number of ether oxygens (including phenoxy) is 2. The number of hydrogen-bond acceptors (Lipinski definition) is 8. The largest absolute Gasteiger partial charge is 0.493 e. The third-order valence-corrected chi connectivity index (χ3v) is 5.72. The molecule has 0 saturated carbocycles. The van der Waals surface area contributed by atoms with Crippen LogP contribution in [-0.4, -0.2) is 35.3 Å². The topological polar surface area (TPSA) is 86.2 Å². The molecule has 3 aromatic rings. The lowest BCUT2D eigenvalue weighted by atomic mass is 10.1. The summed E-state index contributed by atoms with van der Waals surface area (Å²) in [5.41, 5.74) is 1.82. The molecule has 2 aromatic heterocycles. The van der Waals surface area contributed by atoms with Crippen molar-refractivity contribution in [2.45, 2.75) is 32.6 Å². The van der Waals surface area contributed by atoms with Crippen LogP contribution in [0.1, 0.15) is 34.6 Å². The molecule has 2 heterocycles. The van der Waals surface area contributed by atoms with Gasteiger partial charge in [-0.3, -0.25) is 4.79 Å². The van der Waals surface area contributed by atoms with E-state index in [1.807, 2.05) is 23.6 Å². The number of nitrogens with zero attached hydrogens (tertiary/aromatic N) is 3. The highest BCUT2D eigenvalue weighted by atomic mass is 32.1. The predicted molar refractivity (Wildman–Crippen MR) is 111 cm³/mol. The third-order valence-electron chi connectivity index (χ3n) is 3.92. The van der Waals surface area contributed by atoms with Crippen LogP contribution in [-0.2, 0) is 24.1 Å². The summed E-state index contributed by atoms with van der Waals surface area (Å²) in [5, 5.41) is 15.2. The van der Waals surface area contributed by atoms with Crippen molar-refractivity contribution >= 4 is 33.7 Å². The van der Waals surface area contributed by atoms with E-state index < -0.39 is 0 Å². The highest BCUT2D eigenvalue weighted by Crippen LogP contribution is 2.29. The first-order valence-electron chi connectivity index (χ1n) is 8.87. The van der Waals surface area contributed by atoms with Gasteiger partial charge in [-0.05, 0) is 24.1 Å². The van der Waals surface area contributed by atoms with Crippen LogP contribution in [0.25, 0.3) is 0 Å². The van der Waals surface area contributed by atoms with E-state index >= 15 is 0 Å². The predicted octanol–water partition coefficient (Wildman–Crippen LogP) is 3.74. The SMILES string of the molecule is CCCc1nnc(NC(=O)Cc2csc(Cc3ccc(OC)c(OC)c3)n2)s1. The van der Waals surface area contributed by atoms with E-state index in [9.17, 15) is 4.79 Å². The van der Waals surface area contributed by atoms with Crippen molar-refractivity contribution in [1.29, 1.82) is 0 Å². The number of aryl methyl sites for hydroxylation is 1. The van der Waals surface area contributed by atoms with Crippen molar-refractivity contribution in [2.24, 2.45) is 0 Å². The van der Waals surface area contributed by atoms with Crippen molar-refractivity contribution in [3.8, 4) is 11.5 Å². The molecule has 0 fully saturated rings. The number of anilines is 1. The van der Waals surface area contributed by atoms with Crippen LogP contribution in [0.2, 0.25) is 0 Å². The van der Waals surface area contributed by atoms with Gasteiger partial charge in [0.05, 0.1) is 31.3 Å². The molecule has 0 aliphatic rings. The molecule has 0 atom stereocenters. The molecule has 0 radical (unpaired) electrons. The third kappa shape index (κ3) is 5.26. The number of carbonyl (C=O) groups is 1. The standard InChI is InChI=1S/C19H22N4O3S2/c1-4-5-17-22-23-19(28-17)21-16(24)10-13-11-27-18(20-13)9-12-6-7-14(25-2)15(8-12)26-3/h6-8,11H,4-5,9-10H2,1-3H3,(H,21,23,24). The first kappa shape index (κ1) is 20.2. The first-order valence-corrected chi connectivity index (χ1v) is 10.6. The van der Waals surface area contributed by atoms with Crippen LogP contribution >= 0.6 is 22.7 Å². The Kier molecular flexibility index (Phi) is 6.94. The van der Waals surface area contributed by atoms with E-state index in [1.54, 1.807) is 14.2 Å². The summed E-state index contributed by atoms with van der Waals surface area (Å²) in [6.45, 7) is 2.08. The van der Waals surface area contributed by atoms with Gasteiger partial charge >= 0.3 is 0 Å². The van der Waals surface area contributed by atoms with Crippen molar-refractivity contribution in [1.82, 2.24) is 15.2 Å². The minimum Gasteiger partial charge on any atom is -0.493 e. The van der Waals surface area contributed by atoms with Crippen LogP contribution in [0.15, 0.2) is 23.6 Å². The number of benzene rings is 1. The molecule has 148 valence electrons. The van der Waals surface area contributed by atoms with E-state index in [1.165, 1.54) is 22.7 Å². The van der Waals surface area contributed by atoms with Crippen LogP contribution in [0.3, 0.4) is 0 Å². The van der Waals surface area contributed by atoms with Crippen molar-refractivity contribution in [3.05, 3.63) is 44.9 Å². The molecule has 0 aliphatic heterocycles. The lowest BCUT2D eigenvalue weighted by Gasteiger charge is -2.08. The number of hydrogen-bond donors (Lipinski definition) is 1. The summed E-state index contributed by atoms with van der Waals surface area (Å²) in [6.07, 6.45) is 2.76. The molecule has 1 N–H and O–H groups in total. The number of nitrogens with one attached hydrogen (secondary N) is 1. The molecule has 0 unspecified atom stereocenters. The van der Waals surface area contributed by atoms with Gasteiger partial charge in [0, 0.05) is 18.2 Å². The fourth-order valence-corrected chi connectivity index (χ4v) is 4.31. The van der Waals surface area contributed by atoms with Crippen molar-refractivity contribution in [2.75, 3.05) is 19.5 Å². The lowest BCUT2D eigenvalue weighted by Crippen LogP contribution is -2.14. The fourth-order valence-electron chi connectivity index (χ4n) is 2.62. The van der Waals surface area contributed by atoms with E-state index in [0.717, 1.165) is 34.1 Å². The molecule has 0 spiro atoms. The number of rotatable bonds is 9. The lowest BCUT2D eigenvalue weighted by molar-refractivity contribution is -0.115. The van der Waals surface area contributed by atoms with Crippen LogP contribution in [0, 0.1) is 0 Å². The zero-order valence-corrected chi connectivity index (χ0v) is 17.7. The molecule has 1 amide bonds. The van der Waals surface area contributed by atoms with E-state index in [0.29, 0.717) is 23.1 Å². The number of amides is 1. The molecule has 9 heteroatoms. The van der Waals surface area contributed by atoms with E-state index in [2.05, 4.69) is 27.4 Å². The zero-order chi connectivity index (χ0) is 19.9. The van der Waals surface area contributed by atoms with E-state index in [-0.39, 0.29) is 12.3 Å². The second kappa shape index (κ2) is 9.61. The number of aromatic nitrogens is 3. The second-order valence-corrected chi connectivity index (χ2v) is 8.08. The Morgan fingerprint density at radius 3 is 2.71 bits per heavy atom. The maximum atomic E-state index is 12.2. The smallest absolute Gasteiger partial charge is 0.232 e. The van der Waals surface area contributed by atoms with Gasteiger partial charge in [0.25, 0.3) is 0 Å². The number of carbonyl (C=O) groups excluding carboxylic acids is 1. The number of methoxy groups -OCH3 is 2. The summed E-state index contributed by atoms with van der Waals surface area (Å²) in [7, 11) is 3.23. The normalized spacial score (nSPS) is 10.7. The summed E-state index contributed by atoms with van der Waals surface area (Å²) in [4.78, 5) is 16.8. The van der Waals surface area contributed by atoms with Crippen molar-refractivity contribution in [3.63, 3.8) is 0 Å². The Bertz CT molecular complexity index is 939. The summed E-state index contributed by atoms with van der Waals surface area (Å²) >= 11 is 2.95. The fraction of sp³-hybridized carbons (Fsp3) is 0.368. The summed E-state index contributed by atoms with van der Waals surface area (Å²) in [6, 6.07) is 5.80. The minimum absolute atomic E-state index is 0.137. The Morgan fingerprint density at radius 2 is 1.96 bits per heavy atom. The first-order chi connectivity index (χ1) is 13.6. The average molecular weight is 419 g/mol. The van der Waals surface area contributed by atoms with Gasteiger partial charge < -0.3 is 14.8 Å². The van der Waals surface area contributed by atoms with Crippen molar-refractivity contribution < 1.29 is 14.3 Å². The van der Waals surface area contributed by atoms with Crippen LogP contribution in [0.5, 0.6) is 11.5 Å². The summed E-state index contributed by atoms with van der Waals surface area (Å²) in [5.74, 6) is 1.25. The molecule has 0 aliphatic carbocycles. The summed E-state index contributed by atoms with van der Waals surface area (Å²) < 4.78 is 10.6. The van der Waals surface area contributed by atoms with Gasteiger partial charge in [-0.25, -0.2) is 4.98 Å². The van der Waals surface area contributed by atoms with E-state index in [4.69, 9.17) is 9.47 Å². The highest BCUT2D eigenvalue weighted by molar-refractivity contribution is 7.15. The van der Waals surface area contributed by atoms with Gasteiger partial charge in [-0.15, -0.1) is 21.5 Å². The zero-order valence-electron chi connectivity index (χ0n) is 16.0. The average Bonchev–Trinajstić information content (AvgIpc) is 3.31. The Morgan fingerprint density at radius 1 is 1.14 bits per heavy atom. The van der Waals surface area contributed by atoms with Gasteiger partial charge in [-0.1, -0.05) is 24.3 Å². The van der Waals surface area contributed by atoms with Gasteiger partial charge in [0.2, 0.25) is 11.0 Å². The highest BCUT2D eigenvalue weighted by Gasteiger charge is 2.12. The molecular formula is C19H22N4O3S2. The minimum atomic E-state index is -0.137. The maximum Gasteiger partial charge on any atom is 0.232 e. The Hall–Kier alpha value is -2.52. The molecular weight excluding hydrogens is 396 g/mol. The molecule has 0 saturated heterocycles. The monoisotopic (exact) mass is 418 g/mol. The molecule has 7 nitrogen and oxygen atoms in total. The molecule has 0 bridgehead atoms. The van der Waals surface area contributed by atoms with Crippen LogP contribution < -0.4 is 14.8 Å². The van der Waals surface area contributed by atoms with Gasteiger partial charge in [0.1, 0.15) is 5.01 Å². The Balaban J connectivity index is 1.58.